The van der Waals surface area contributed by atoms with Crippen LogP contribution in [-0.4, -0.2) is 28.3 Å². The summed E-state index contributed by atoms with van der Waals surface area (Å²) in [4.78, 5) is 25.5. The van der Waals surface area contributed by atoms with E-state index in [9.17, 15) is 14.0 Å². The molecule has 1 amide bonds. The van der Waals surface area contributed by atoms with Crippen LogP contribution in [0.15, 0.2) is 76.8 Å². The van der Waals surface area contributed by atoms with Gasteiger partial charge in [0.05, 0.1) is 12.6 Å². The van der Waals surface area contributed by atoms with E-state index in [1.807, 2.05) is 17.5 Å². The summed E-state index contributed by atoms with van der Waals surface area (Å²) in [5, 5.41) is 8.78. The van der Waals surface area contributed by atoms with Crippen molar-refractivity contribution in [1.82, 2.24) is 15.1 Å². The molecule has 0 spiro atoms. The van der Waals surface area contributed by atoms with Gasteiger partial charge in [-0.1, -0.05) is 18.2 Å². The number of furan rings is 1. The standard InChI is InChI=1S/C22H18FN3O4S/c23-16-6-4-15(5-7-16)21(19-3-1-12-31-19)25-20(27)14-29-22(28)18-9-8-17(30-18)13-26-11-2-10-24-26/h1-12,21H,13-14H2,(H,25,27). The van der Waals surface area contributed by atoms with Crippen molar-refractivity contribution >= 4 is 23.2 Å². The van der Waals surface area contributed by atoms with Gasteiger partial charge in [-0.3, -0.25) is 9.48 Å². The molecule has 3 heterocycles. The van der Waals surface area contributed by atoms with Gasteiger partial charge in [0.15, 0.2) is 6.61 Å². The highest BCUT2D eigenvalue weighted by Crippen LogP contribution is 2.26. The van der Waals surface area contributed by atoms with E-state index < -0.39 is 24.5 Å². The molecule has 1 atom stereocenters. The number of esters is 1. The smallest absolute Gasteiger partial charge is 0.374 e. The minimum Gasteiger partial charge on any atom is -0.452 e. The number of nitrogens with zero attached hydrogens (tertiary/aromatic N) is 2. The van der Waals surface area contributed by atoms with Gasteiger partial charge < -0.3 is 14.5 Å². The summed E-state index contributed by atoms with van der Waals surface area (Å²) >= 11 is 1.46. The van der Waals surface area contributed by atoms with Crippen LogP contribution in [0.4, 0.5) is 4.39 Å². The monoisotopic (exact) mass is 439 g/mol. The van der Waals surface area contributed by atoms with Gasteiger partial charge in [-0.25, -0.2) is 9.18 Å². The fraction of sp³-hybridized carbons (Fsp3) is 0.136. The highest BCUT2D eigenvalue weighted by molar-refractivity contribution is 7.10. The number of rotatable bonds is 8. The van der Waals surface area contributed by atoms with Gasteiger partial charge in [-0.05, 0) is 47.3 Å². The number of hydrogen-bond donors (Lipinski definition) is 1. The molecule has 1 aromatic carbocycles. The molecule has 7 nitrogen and oxygen atoms in total. The first-order valence-corrected chi connectivity index (χ1v) is 10.3. The van der Waals surface area contributed by atoms with Crippen molar-refractivity contribution in [1.29, 1.82) is 0 Å². The molecule has 31 heavy (non-hydrogen) atoms. The van der Waals surface area contributed by atoms with Crippen LogP contribution in [-0.2, 0) is 16.1 Å². The average molecular weight is 439 g/mol. The van der Waals surface area contributed by atoms with E-state index in [4.69, 9.17) is 9.15 Å². The number of aromatic nitrogens is 2. The Morgan fingerprint density at radius 1 is 1.16 bits per heavy atom. The van der Waals surface area contributed by atoms with Crippen LogP contribution in [0.25, 0.3) is 0 Å². The lowest BCUT2D eigenvalue weighted by Crippen LogP contribution is -2.32. The van der Waals surface area contributed by atoms with Crippen LogP contribution in [0.3, 0.4) is 0 Å². The zero-order valence-corrected chi connectivity index (χ0v) is 17.0. The molecule has 0 fully saturated rings. The van der Waals surface area contributed by atoms with Gasteiger partial charge in [0.25, 0.3) is 5.91 Å². The molecule has 1 N–H and O–H groups in total. The molecule has 0 saturated heterocycles. The number of thiophene rings is 1. The van der Waals surface area contributed by atoms with Crippen molar-refractivity contribution in [3.05, 3.63) is 100 Å². The summed E-state index contributed by atoms with van der Waals surface area (Å²) in [5.74, 6) is -1.05. The number of carbonyl (C=O) groups excluding carboxylic acids is 2. The number of carbonyl (C=O) groups is 2. The molecule has 0 radical (unpaired) electrons. The van der Waals surface area contributed by atoms with Crippen molar-refractivity contribution < 1.29 is 23.1 Å². The quantitative estimate of drug-likeness (QED) is 0.422. The predicted octanol–water partition coefficient (Wildman–Crippen LogP) is 3.79. The van der Waals surface area contributed by atoms with E-state index in [1.54, 1.807) is 41.3 Å². The number of ether oxygens (including phenoxy) is 1. The van der Waals surface area contributed by atoms with Crippen LogP contribution in [0, 0.1) is 5.82 Å². The van der Waals surface area contributed by atoms with Gasteiger partial charge in [0.2, 0.25) is 5.76 Å². The Balaban J connectivity index is 1.35. The Kier molecular flexibility index (Phi) is 6.23. The van der Waals surface area contributed by atoms with Crippen molar-refractivity contribution in [3.8, 4) is 0 Å². The summed E-state index contributed by atoms with van der Waals surface area (Å²) in [6.07, 6.45) is 3.42. The predicted molar refractivity (Wildman–Crippen MR) is 111 cm³/mol. The maximum atomic E-state index is 13.3. The van der Waals surface area contributed by atoms with Gasteiger partial charge in [-0.2, -0.15) is 5.10 Å². The second-order valence-electron chi connectivity index (χ2n) is 6.61. The first kappa shape index (κ1) is 20.5. The number of benzene rings is 1. The molecular formula is C22H18FN3O4S. The van der Waals surface area contributed by atoms with E-state index in [-0.39, 0.29) is 11.6 Å². The van der Waals surface area contributed by atoms with Crippen LogP contribution < -0.4 is 5.32 Å². The maximum Gasteiger partial charge on any atom is 0.374 e. The van der Waals surface area contributed by atoms with Gasteiger partial charge >= 0.3 is 5.97 Å². The minimum absolute atomic E-state index is 0.00305. The topological polar surface area (TPSA) is 86.4 Å². The third-order valence-electron chi connectivity index (χ3n) is 4.41. The molecule has 158 valence electrons. The average Bonchev–Trinajstić information content (AvgIpc) is 3.54. The third-order valence-corrected chi connectivity index (χ3v) is 5.35. The highest BCUT2D eigenvalue weighted by Gasteiger charge is 2.20. The molecular weight excluding hydrogens is 421 g/mol. The second-order valence-corrected chi connectivity index (χ2v) is 7.59. The lowest BCUT2D eigenvalue weighted by Gasteiger charge is -2.18. The minimum atomic E-state index is -0.740. The van der Waals surface area contributed by atoms with Crippen molar-refractivity contribution in [2.24, 2.45) is 0 Å². The number of hydrogen-bond acceptors (Lipinski definition) is 6. The first-order valence-electron chi connectivity index (χ1n) is 9.40. The Morgan fingerprint density at radius 2 is 2.00 bits per heavy atom. The SMILES string of the molecule is O=C(COC(=O)c1ccc(Cn2cccn2)o1)NC(c1ccc(F)cc1)c1cccs1. The van der Waals surface area contributed by atoms with Gasteiger partial charge in [0, 0.05) is 17.3 Å². The van der Waals surface area contributed by atoms with Crippen molar-refractivity contribution in [2.45, 2.75) is 12.6 Å². The van der Waals surface area contributed by atoms with Crippen LogP contribution in [0.1, 0.15) is 32.8 Å². The molecule has 3 aromatic heterocycles. The van der Waals surface area contributed by atoms with Crippen LogP contribution >= 0.6 is 11.3 Å². The summed E-state index contributed by atoms with van der Waals surface area (Å²) in [6, 6.07) is 14.1. The molecule has 4 aromatic rings. The Bertz CT molecular complexity index is 1140. The van der Waals surface area contributed by atoms with E-state index in [0.29, 0.717) is 12.3 Å². The number of amides is 1. The lowest BCUT2D eigenvalue weighted by atomic mass is 10.1. The maximum absolute atomic E-state index is 13.3. The summed E-state index contributed by atoms with van der Waals surface area (Å²) < 4.78 is 25.5. The van der Waals surface area contributed by atoms with Crippen LogP contribution in [0.5, 0.6) is 0 Å². The Morgan fingerprint density at radius 3 is 2.71 bits per heavy atom. The van der Waals surface area contributed by atoms with E-state index in [2.05, 4.69) is 10.4 Å². The largest absolute Gasteiger partial charge is 0.452 e. The molecule has 0 aliphatic carbocycles. The lowest BCUT2D eigenvalue weighted by molar-refractivity contribution is -0.124. The van der Waals surface area contributed by atoms with Gasteiger partial charge in [-0.15, -0.1) is 11.3 Å². The van der Waals surface area contributed by atoms with Crippen molar-refractivity contribution in [2.75, 3.05) is 6.61 Å². The summed E-state index contributed by atoms with van der Waals surface area (Å²) in [5.41, 5.74) is 0.720. The number of halogens is 1. The normalized spacial score (nSPS) is 11.8. The fourth-order valence-electron chi connectivity index (χ4n) is 2.96. The molecule has 1 unspecified atom stereocenters. The second kappa shape index (κ2) is 9.40. The van der Waals surface area contributed by atoms with Crippen molar-refractivity contribution in [3.63, 3.8) is 0 Å². The van der Waals surface area contributed by atoms with E-state index in [0.717, 1.165) is 10.4 Å². The zero-order valence-electron chi connectivity index (χ0n) is 16.2. The van der Waals surface area contributed by atoms with Gasteiger partial charge in [0.1, 0.15) is 11.6 Å². The third kappa shape index (κ3) is 5.26. The fourth-order valence-corrected chi connectivity index (χ4v) is 3.76. The Labute approximate surface area is 181 Å². The number of nitrogens with one attached hydrogen (secondary N) is 1. The van der Waals surface area contributed by atoms with E-state index in [1.165, 1.54) is 29.5 Å². The molecule has 0 aliphatic heterocycles. The first-order chi connectivity index (χ1) is 15.1. The summed E-state index contributed by atoms with van der Waals surface area (Å²) in [6.45, 7) is -0.0992. The van der Waals surface area contributed by atoms with E-state index >= 15 is 0 Å². The Hall–Kier alpha value is -3.72. The molecule has 0 aliphatic rings. The molecule has 4 rings (SSSR count). The van der Waals surface area contributed by atoms with Crippen LogP contribution in [0.2, 0.25) is 0 Å². The highest BCUT2D eigenvalue weighted by atomic mass is 32.1. The molecule has 0 saturated carbocycles. The molecule has 9 heteroatoms. The summed E-state index contributed by atoms with van der Waals surface area (Å²) in [7, 11) is 0. The zero-order chi connectivity index (χ0) is 21.6. The molecule has 0 bridgehead atoms.